The van der Waals surface area contributed by atoms with Crippen LogP contribution in [0, 0.1) is 13.8 Å². The molecule has 70 valence electrons. The first-order chi connectivity index (χ1) is 4.83. The van der Waals surface area contributed by atoms with Crippen LogP contribution in [0.4, 0.5) is 0 Å². The van der Waals surface area contributed by atoms with Crippen molar-refractivity contribution in [3.63, 3.8) is 0 Å². The summed E-state index contributed by atoms with van der Waals surface area (Å²) >= 11 is 0. The standard InChI is InChI=1S/C5H11.C4H9O.2Y/c2*1-3-5-4-2;;/h1,3-5H2,2H3;1,3-4H2,2H3;;/q2*-1;;. The third kappa shape index (κ3) is 39.9. The zero-order valence-electron chi connectivity index (χ0n) is 8.51. The average molecular weight is 322 g/mol. The van der Waals surface area contributed by atoms with E-state index in [-0.39, 0.29) is 65.4 Å². The van der Waals surface area contributed by atoms with Gasteiger partial charge >= 0.3 is 0 Å². The van der Waals surface area contributed by atoms with Crippen LogP contribution in [0.3, 0.4) is 0 Å². The van der Waals surface area contributed by atoms with Crippen LogP contribution >= 0.6 is 0 Å². The van der Waals surface area contributed by atoms with Crippen LogP contribution in [-0.2, 0) is 70.2 Å². The molecule has 0 aliphatic carbocycles. The minimum absolute atomic E-state index is 0. The van der Waals surface area contributed by atoms with Crippen molar-refractivity contribution in [1.29, 1.82) is 0 Å². The summed E-state index contributed by atoms with van der Waals surface area (Å²) in [5.74, 6) is 0. The predicted molar refractivity (Wildman–Crippen MR) is 46.7 cm³/mol. The Kier molecular flexibility index (Phi) is 57.9. The third-order valence-corrected chi connectivity index (χ3v) is 0.952. The minimum Gasteiger partial charge on any atom is -0.414 e. The van der Waals surface area contributed by atoms with E-state index >= 15 is 0 Å². The molecule has 0 unspecified atom stereocenters. The first-order valence-electron chi connectivity index (χ1n) is 3.99. The number of hydrogen-bond acceptors (Lipinski definition) is 1. The molecule has 0 fully saturated rings. The first kappa shape index (κ1) is 23.8. The Hall–Kier alpha value is 2.17. The van der Waals surface area contributed by atoms with Crippen molar-refractivity contribution < 1.29 is 70.2 Å². The Labute approximate surface area is 129 Å². The van der Waals surface area contributed by atoms with E-state index in [1.165, 1.54) is 12.8 Å². The molecular weight excluding hydrogens is 302 g/mol. The molecule has 12 heavy (non-hydrogen) atoms. The van der Waals surface area contributed by atoms with E-state index in [0.29, 0.717) is 6.61 Å². The van der Waals surface area contributed by atoms with Gasteiger partial charge < -0.3 is 18.6 Å². The molecule has 2 radical (unpaired) electrons. The Balaban J connectivity index is -0.0000000457. The Morgan fingerprint density at radius 2 is 1.58 bits per heavy atom. The number of ether oxygens (including phenoxy) is 1. The molecule has 0 heterocycles. The van der Waals surface area contributed by atoms with E-state index in [9.17, 15) is 0 Å². The third-order valence-electron chi connectivity index (χ3n) is 0.952. The van der Waals surface area contributed by atoms with E-state index in [4.69, 9.17) is 4.74 Å². The van der Waals surface area contributed by atoms with Crippen molar-refractivity contribution in [3.8, 4) is 0 Å². The molecular formula is C9H20OY2-2. The zero-order chi connectivity index (χ0) is 8.24. The molecule has 0 amide bonds. The van der Waals surface area contributed by atoms with Gasteiger partial charge in [-0.25, -0.2) is 0 Å². The molecule has 0 aromatic heterocycles. The van der Waals surface area contributed by atoms with Crippen LogP contribution in [0.2, 0.25) is 0 Å². The number of hydrogen-bond donors (Lipinski definition) is 0. The second kappa shape index (κ2) is 29.2. The summed E-state index contributed by atoms with van der Waals surface area (Å²) in [4.78, 5) is 0. The number of rotatable bonds is 4. The van der Waals surface area contributed by atoms with Gasteiger partial charge in [-0.2, -0.15) is 6.42 Å². The van der Waals surface area contributed by atoms with Crippen LogP contribution in [-0.4, -0.2) is 13.2 Å². The normalized spacial score (nSPS) is 7.00. The molecule has 0 aliphatic rings. The van der Waals surface area contributed by atoms with Gasteiger partial charge in [0, 0.05) is 72.0 Å². The fourth-order valence-electron chi connectivity index (χ4n) is 0.394. The Morgan fingerprint density at radius 1 is 1.08 bits per heavy atom. The molecule has 0 spiro atoms. The van der Waals surface area contributed by atoms with E-state index < -0.39 is 0 Å². The van der Waals surface area contributed by atoms with Gasteiger partial charge in [-0.1, -0.05) is 26.4 Å². The zero-order valence-corrected chi connectivity index (χ0v) is 14.2. The maximum atomic E-state index is 4.72. The van der Waals surface area contributed by atoms with E-state index in [2.05, 4.69) is 20.8 Å². The van der Waals surface area contributed by atoms with Crippen molar-refractivity contribution in [2.75, 3.05) is 13.2 Å². The molecule has 0 aromatic rings. The van der Waals surface area contributed by atoms with Crippen molar-refractivity contribution in [3.05, 3.63) is 13.8 Å². The number of unbranched alkanes of at least 4 members (excludes halogenated alkanes) is 2. The molecule has 0 saturated carbocycles. The largest absolute Gasteiger partial charge is 0.414 e. The molecule has 0 rings (SSSR count). The molecule has 0 bridgehead atoms. The molecule has 0 N–H and O–H groups in total. The van der Waals surface area contributed by atoms with Gasteiger partial charge in [-0.3, -0.25) is 0 Å². The van der Waals surface area contributed by atoms with Crippen LogP contribution in [0.5, 0.6) is 0 Å². The Morgan fingerprint density at radius 3 is 1.58 bits per heavy atom. The van der Waals surface area contributed by atoms with Crippen LogP contribution in [0.15, 0.2) is 0 Å². The Bertz CT molecular complexity index is 33.5. The summed E-state index contributed by atoms with van der Waals surface area (Å²) in [6.07, 6.45) is 3.65. The van der Waals surface area contributed by atoms with E-state index in [0.717, 1.165) is 13.0 Å². The fourth-order valence-corrected chi connectivity index (χ4v) is 0.394. The van der Waals surface area contributed by atoms with Crippen LogP contribution in [0.25, 0.3) is 0 Å². The first-order valence-corrected chi connectivity index (χ1v) is 3.99. The summed E-state index contributed by atoms with van der Waals surface area (Å²) in [5, 5.41) is 0. The summed E-state index contributed by atoms with van der Waals surface area (Å²) in [6.45, 7) is 12.6. The second-order valence-corrected chi connectivity index (χ2v) is 1.90. The molecule has 0 aromatic carbocycles. The summed E-state index contributed by atoms with van der Waals surface area (Å²) in [7, 11) is 0. The molecule has 0 atom stereocenters. The smallest absolute Gasteiger partial charge is 0.0402 e. The van der Waals surface area contributed by atoms with Crippen molar-refractivity contribution in [2.45, 2.75) is 33.1 Å². The predicted octanol–water partition coefficient (Wildman–Crippen LogP) is 2.86. The summed E-state index contributed by atoms with van der Waals surface area (Å²) in [6, 6.07) is 0. The average Bonchev–Trinajstić information content (AvgIpc) is 1.93. The summed E-state index contributed by atoms with van der Waals surface area (Å²) in [5.41, 5.74) is 0. The van der Waals surface area contributed by atoms with Gasteiger partial charge in [-0.15, -0.1) is 0 Å². The van der Waals surface area contributed by atoms with Crippen molar-refractivity contribution in [2.24, 2.45) is 0 Å². The monoisotopic (exact) mass is 322 g/mol. The van der Waals surface area contributed by atoms with Gasteiger partial charge in [0.2, 0.25) is 0 Å². The quantitative estimate of drug-likeness (QED) is 0.723. The fraction of sp³-hybridized carbons (Fsp3) is 0.778. The van der Waals surface area contributed by atoms with Crippen molar-refractivity contribution >= 4 is 0 Å². The van der Waals surface area contributed by atoms with Gasteiger partial charge in [0.25, 0.3) is 0 Å². The van der Waals surface area contributed by atoms with E-state index in [1.54, 1.807) is 0 Å². The van der Waals surface area contributed by atoms with Gasteiger partial charge in [0.15, 0.2) is 0 Å². The molecule has 0 aliphatic heterocycles. The van der Waals surface area contributed by atoms with Crippen LogP contribution in [0.1, 0.15) is 33.1 Å². The summed E-state index contributed by atoms with van der Waals surface area (Å²) < 4.78 is 4.72. The van der Waals surface area contributed by atoms with Gasteiger partial charge in [-0.05, 0) is 6.92 Å². The van der Waals surface area contributed by atoms with Gasteiger partial charge in [0.1, 0.15) is 0 Å². The second-order valence-electron chi connectivity index (χ2n) is 1.90. The van der Waals surface area contributed by atoms with Gasteiger partial charge in [0.05, 0.1) is 0 Å². The maximum absolute atomic E-state index is 4.72. The topological polar surface area (TPSA) is 9.23 Å². The van der Waals surface area contributed by atoms with E-state index in [1.807, 2.05) is 6.92 Å². The van der Waals surface area contributed by atoms with Crippen LogP contribution < -0.4 is 0 Å². The maximum Gasteiger partial charge on any atom is 0.0402 e. The minimum atomic E-state index is 0. The molecule has 1 nitrogen and oxygen atoms in total. The molecule has 3 heteroatoms. The SMILES string of the molecule is [CH2-]CCCC.[CH2-]COCC.[Y].[Y]. The molecule has 0 saturated heterocycles. The van der Waals surface area contributed by atoms with Crippen molar-refractivity contribution in [1.82, 2.24) is 0 Å².